The quantitative estimate of drug-likeness (QED) is 0.378. The number of nitrogens with zero attached hydrogens (tertiary/aromatic N) is 4. The number of fused-ring (bicyclic) bond motifs is 1. The molecule has 5 aromatic rings. The zero-order valence-corrected chi connectivity index (χ0v) is 20.2. The monoisotopic (exact) mass is 483 g/mol. The molecule has 1 N–H and O–H groups in total. The molecule has 9 nitrogen and oxygen atoms in total. The van der Waals surface area contributed by atoms with E-state index in [-0.39, 0.29) is 24.6 Å². The molecule has 0 saturated carbocycles. The van der Waals surface area contributed by atoms with E-state index in [1.165, 1.54) is 4.40 Å². The number of aromatic nitrogens is 4. The number of nitrogens with one attached hydrogen (secondary N) is 1. The van der Waals surface area contributed by atoms with Crippen molar-refractivity contribution >= 4 is 11.6 Å². The topological polar surface area (TPSA) is 104 Å². The maximum Gasteiger partial charge on any atom is 0.267 e. The van der Waals surface area contributed by atoms with E-state index in [0.29, 0.717) is 34.1 Å². The third-order valence-electron chi connectivity index (χ3n) is 5.79. The number of pyridine rings is 1. The molecule has 0 bridgehead atoms. The van der Waals surface area contributed by atoms with E-state index in [1.807, 2.05) is 48.9 Å². The summed E-state index contributed by atoms with van der Waals surface area (Å²) in [6.45, 7) is 5.78. The van der Waals surface area contributed by atoms with Crippen LogP contribution < -0.4 is 15.6 Å². The number of rotatable bonds is 7. The maximum absolute atomic E-state index is 13.5. The molecule has 5 rings (SSSR count). The highest BCUT2D eigenvalue weighted by Gasteiger charge is 2.18. The predicted octanol–water partition coefficient (Wildman–Crippen LogP) is 3.76. The molecular formula is C27H25N5O4. The van der Waals surface area contributed by atoms with Gasteiger partial charge in [0.05, 0.1) is 29.8 Å². The van der Waals surface area contributed by atoms with E-state index in [4.69, 9.17) is 14.3 Å². The van der Waals surface area contributed by atoms with Gasteiger partial charge in [0.1, 0.15) is 11.5 Å². The van der Waals surface area contributed by atoms with E-state index in [0.717, 1.165) is 16.9 Å². The van der Waals surface area contributed by atoms with Crippen molar-refractivity contribution < 1.29 is 13.9 Å². The minimum atomic E-state index is -0.318. The van der Waals surface area contributed by atoms with Crippen LogP contribution in [0.3, 0.4) is 0 Å². The van der Waals surface area contributed by atoms with Crippen LogP contribution in [0.2, 0.25) is 0 Å². The Bertz CT molecular complexity index is 1620. The lowest BCUT2D eigenvalue weighted by atomic mass is 10.1. The van der Waals surface area contributed by atoms with Crippen molar-refractivity contribution in [1.29, 1.82) is 0 Å². The van der Waals surface area contributed by atoms with E-state index >= 15 is 0 Å². The van der Waals surface area contributed by atoms with Gasteiger partial charge in [-0.1, -0.05) is 12.1 Å². The van der Waals surface area contributed by atoms with E-state index < -0.39 is 0 Å². The average molecular weight is 484 g/mol. The number of furan rings is 1. The summed E-state index contributed by atoms with van der Waals surface area (Å²) in [5.41, 5.74) is 4.49. The Morgan fingerprint density at radius 1 is 1.08 bits per heavy atom. The molecule has 0 aliphatic rings. The molecule has 182 valence electrons. The zero-order chi connectivity index (χ0) is 25.2. The fraction of sp³-hybridized carbons (Fsp3) is 0.185. The third kappa shape index (κ3) is 4.50. The summed E-state index contributed by atoms with van der Waals surface area (Å²) in [7, 11) is 0. The molecule has 0 fully saturated rings. The Kier molecular flexibility index (Phi) is 6.12. The van der Waals surface area contributed by atoms with Gasteiger partial charge in [0.25, 0.3) is 11.5 Å². The summed E-state index contributed by atoms with van der Waals surface area (Å²) in [5.74, 6) is 0.657. The average Bonchev–Trinajstić information content (AvgIpc) is 3.51. The van der Waals surface area contributed by atoms with Crippen LogP contribution in [0.4, 0.5) is 0 Å². The lowest BCUT2D eigenvalue weighted by Gasteiger charge is -2.11. The number of ether oxygens (including phenoxy) is 1. The highest BCUT2D eigenvalue weighted by molar-refractivity contribution is 5.77. The first-order valence-corrected chi connectivity index (χ1v) is 11.5. The van der Waals surface area contributed by atoms with Gasteiger partial charge in [-0.25, -0.2) is 9.67 Å². The van der Waals surface area contributed by atoms with Crippen LogP contribution in [0.1, 0.15) is 22.7 Å². The molecule has 1 aromatic carbocycles. The molecule has 36 heavy (non-hydrogen) atoms. The maximum atomic E-state index is 13.5. The number of amides is 1. The minimum Gasteiger partial charge on any atom is -0.480 e. The molecule has 4 aromatic heterocycles. The Hall–Kier alpha value is -4.66. The van der Waals surface area contributed by atoms with Crippen LogP contribution >= 0.6 is 0 Å². The van der Waals surface area contributed by atoms with Gasteiger partial charge >= 0.3 is 0 Å². The second-order valence-corrected chi connectivity index (χ2v) is 8.51. The number of aryl methyl sites for hydroxylation is 3. The van der Waals surface area contributed by atoms with E-state index in [9.17, 15) is 9.59 Å². The summed E-state index contributed by atoms with van der Waals surface area (Å²) in [6, 6.07) is 16.8. The van der Waals surface area contributed by atoms with Crippen molar-refractivity contribution in [3.63, 3.8) is 0 Å². The SMILES string of the molecule is Cc1cccc(-n2nc(-c3c(C)nc4c(OCC(=O)NCc5ccco5)cccn4c3=O)cc2C)c1. The first-order chi connectivity index (χ1) is 17.4. The van der Waals surface area contributed by atoms with Crippen LogP contribution in [-0.2, 0) is 11.3 Å². The van der Waals surface area contributed by atoms with Crippen molar-refractivity contribution in [2.24, 2.45) is 0 Å². The van der Waals surface area contributed by atoms with Gasteiger partial charge in [0, 0.05) is 11.9 Å². The molecule has 1 amide bonds. The first-order valence-electron chi connectivity index (χ1n) is 11.5. The summed E-state index contributed by atoms with van der Waals surface area (Å²) in [5, 5.41) is 7.44. The third-order valence-corrected chi connectivity index (χ3v) is 5.79. The van der Waals surface area contributed by atoms with Gasteiger partial charge in [-0.2, -0.15) is 5.10 Å². The van der Waals surface area contributed by atoms with Crippen LogP contribution in [0, 0.1) is 20.8 Å². The van der Waals surface area contributed by atoms with Gasteiger partial charge in [-0.3, -0.25) is 14.0 Å². The fourth-order valence-corrected chi connectivity index (χ4v) is 4.06. The number of hydrogen-bond donors (Lipinski definition) is 1. The highest BCUT2D eigenvalue weighted by Crippen LogP contribution is 2.24. The molecule has 0 unspecified atom stereocenters. The summed E-state index contributed by atoms with van der Waals surface area (Å²) >= 11 is 0. The number of benzene rings is 1. The number of hydrogen-bond acceptors (Lipinski definition) is 6. The molecule has 4 heterocycles. The van der Waals surface area contributed by atoms with Crippen molar-refractivity contribution in [2.75, 3.05) is 6.61 Å². The van der Waals surface area contributed by atoms with Crippen molar-refractivity contribution in [3.8, 4) is 22.7 Å². The van der Waals surface area contributed by atoms with Gasteiger partial charge in [-0.15, -0.1) is 0 Å². The van der Waals surface area contributed by atoms with Crippen LogP contribution in [0.15, 0.2) is 76.3 Å². The molecule has 0 aliphatic carbocycles. The lowest BCUT2D eigenvalue weighted by Crippen LogP contribution is -2.28. The normalized spacial score (nSPS) is 11.1. The smallest absolute Gasteiger partial charge is 0.267 e. The van der Waals surface area contributed by atoms with Crippen molar-refractivity contribution in [1.82, 2.24) is 24.5 Å². The van der Waals surface area contributed by atoms with Crippen LogP contribution in [0.5, 0.6) is 5.75 Å². The summed E-state index contributed by atoms with van der Waals surface area (Å²) < 4.78 is 14.2. The molecule has 0 saturated heterocycles. The largest absolute Gasteiger partial charge is 0.480 e. The molecule has 0 radical (unpaired) electrons. The summed E-state index contributed by atoms with van der Waals surface area (Å²) in [6.07, 6.45) is 3.17. The second-order valence-electron chi connectivity index (χ2n) is 8.51. The first kappa shape index (κ1) is 23.1. The van der Waals surface area contributed by atoms with Gasteiger partial charge < -0.3 is 14.5 Å². The van der Waals surface area contributed by atoms with Gasteiger partial charge in [0.2, 0.25) is 0 Å². The lowest BCUT2D eigenvalue weighted by molar-refractivity contribution is -0.123. The number of carbonyl (C=O) groups excluding carboxylic acids is 1. The van der Waals surface area contributed by atoms with Gasteiger partial charge in [0.15, 0.2) is 18.0 Å². The van der Waals surface area contributed by atoms with E-state index in [1.54, 1.807) is 43.6 Å². The molecule has 0 aliphatic heterocycles. The Morgan fingerprint density at radius 2 is 1.94 bits per heavy atom. The zero-order valence-electron chi connectivity index (χ0n) is 20.2. The minimum absolute atomic E-state index is 0.225. The molecule has 0 spiro atoms. The Balaban J connectivity index is 1.43. The van der Waals surface area contributed by atoms with Crippen molar-refractivity contribution in [3.05, 3.63) is 100 Å². The summed E-state index contributed by atoms with van der Waals surface area (Å²) in [4.78, 5) is 30.4. The Labute approximate surface area is 207 Å². The molecule has 0 atom stereocenters. The Morgan fingerprint density at radius 3 is 2.72 bits per heavy atom. The van der Waals surface area contributed by atoms with Gasteiger partial charge in [-0.05, 0) is 68.8 Å². The number of carbonyl (C=O) groups is 1. The highest BCUT2D eigenvalue weighted by atomic mass is 16.5. The molecule has 9 heteroatoms. The van der Waals surface area contributed by atoms with Crippen molar-refractivity contribution in [2.45, 2.75) is 27.3 Å². The van der Waals surface area contributed by atoms with E-state index in [2.05, 4.69) is 10.3 Å². The molecular weight excluding hydrogens is 458 g/mol. The van der Waals surface area contributed by atoms with Crippen LogP contribution in [-0.4, -0.2) is 31.7 Å². The standard InChI is InChI=1S/C27H25N5O4/c1-17-7-4-8-20(13-17)32-18(2)14-22(30-32)25-19(3)29-26-23(10-5-11-31(26)27(25)34)36-16-24(33)28-15-21-9-6-12-35-21/h4-14H,15-16H2,1-3H3,(H,28,33). The second kappa shape index (κ2) is 9.53. The predicted molar refractivity (Wildman–Crippen MR) is 134 cm³/mol. The fourth-order valence-electron chi connectivity index (χ4n) is 4.06. The van der Waals surface area contributed by atoms with Crippen LogP contribution in [0.25, 0.3) is 22.6 Å².